The highest BCUT2D eigenvalue weighted by Gasteiger charge is 2.27. The largest absolute Gasteiger partial charge is 0.508 e. The summed E-state index contributed by atoms with van der Waals surface area (Å²) in [5.74, 6) is 0.812. The highest BCUT2D eigenvalue weighted by atomic mass is 32.1. The van der Waals surface area contributed by atoms with Gasteiger partial charge in [-0.05, 0) is 54.4 Å². The summed E-state index contributed by atoms with van der Waals surface area (Å²) < 4.78 is 3.90. The van der Waals surface area contributed by atoms with Gasteiger partial charge in [-0.1, -0.05) is 23.5 Å². The summed E-state index contributed by atoms with van der Waals surface area (Å²) in [4.78, 5) is 15.1. The van der Waals surface area contributed by atoms with Gasteiger partial charge in [0.05, 0.1) is 5.69 Å². The van der Waals surface area contributed by atoms with E-state index in [0.717, 1.165) is 38.0 Å². The lowest BCUT2D eigenvalue weighted by Gasteiger charge is -2.32. The summed E-state index contributed by atoms with van der Waals surface area (Å²) in [5.41, 5.74) is 2.04. The lowest BCUT2D eigenvalue weighted by molar-refractivity contribution is 0.0716. The van der Waals surface area contributed by atoms with E-state index in [-0.39, 0.29) is 5.91 Å². The number of nitrogens with zero attached hydrogens (tertiary/aromatic N) is 3. The van der Waals surface area contributed by atoms with Crippen LogP contribution in [0.3, 0.4) is 0 Å². The second kappa shape index (κ2) is 6.44. The first-order chi connectivity index (χ1) is 10.7. The van der Waals surface area contributed by atoms with Gasteiger partial charge in [0.25, 0.3) is 5.91 Å². The summed E-state index contributed by atoms with van der Waals surface area (Å²) in [6, 6.07) is 7.40. The van der Waals surface area contributed by atoms with Crippen LogP contribution in [-0.4, -0.2) is 38.6 Å². The van der Waals surface area contributed by atoms with Crippen molar-refractivity contribution in [2.45, 2.75) is 32.1 Å². The molecule has 1 aromatic heterocycles. The van der Waals surface area contributed by atoms with Crippen LogP contribution >= 0.6 is 11.5 Å². The number of phenols is 1. The van der Waals surface area contributed by atoms with Gasteiger partial charge in [-0.2, -0.15) is 0 Å². The zero-order valence-corrected chi connectivity index (χ0v) is 13.3. The fourth-order valence-corrected chi connectivity index (χ4v) is 3.63. The number of benzene rings is 1. The van der Waals surface area contributed by atoms with E-state index >= 15 is 0 Å². The molecule has 5 nitrogen and oxygen atoms in total. The van der Waals surface area contributed by atoms with Crippen LogP contribution in [0.2, 0.25) is 0 Å². The lowest BCUT2D eigenvalue weighted by Crippen LogP contribution is -2.37. The monoisotopic (exact) mass is 317 g/mol. The number of carbonyl (C=O) groups is 1. The molecule has 0 unspecified atom stereocenters. The Bertz CT molecular complexity index is 646. The number of carbonyl (C=O) groups excluding carboxylic acids is 1. The van der Waals surface area contributed by atoms with Crippen molar-refractivity contribution in [1.29, 1.82) is 0 Å². The number of piperidine rings is 1. The molecule has 1 aliphatic rings. The van der Waals surface area contributed by atoms with Crippen molar-refractivity contribution in [2.24, 2.45) is 0 Å². The minimum absolute atomic E-state index is 0.0657. The van der Waals surface area contributed by atoms with E-state index < -0.39 is 0 Å². The Hall–Kier alpha value is -1.95. The van der Waals surface area contributed by atoms with Crippen LogP contribution in [0.5, 0.6) is 5.75 Å². The first kappa shape index (κ1) is 15.0. The quantitative estimate of drug-likeness (QED) is 0.945. The first-order valence-corrected chi connectivity index (χ1v) is 8.35. The number of rotatable bonds is 3. The summed E-state index contributed by atoms with van der Waals surface area (Å²) in [6.07, 6.45) is 2.63. The molecule has 3 rings (SSSR count). The van der Waals surface area contributed by atoms with Gasteiger partial charge in [0, 0.05) is 13.1 Å². The molecule has 0 spiro atoms. The molecule has 0 bridgehead atoms. The Labute approximate surface area is 133 Å². The molecule has 2 aromatic rings. The molecule has 0 saturated carbocycles. The van der Waals surface area contributed by atoms with E-state index in [0.29, 0.717) is 16.5 Å². The molecule has 2 heterocycles. The van der Waals surface area contributed by atoms with Gasteiger partial charge in [-0.3, -0.25) is 4.79 Å². The van der Waals surface area contributed by atoms with Crippen molar-refractivity contribution >= 4 is 17.4 Å². The van der Waals surface area contributed by atoms with Crippen LogP contribution in [-0.2, 0) is 6.42 Å². The molecule has 116 valence electrons. The van der Waals surface area contributed by atoms with Gasteiger partial charge >= 0.3 is 0 Å². The lowest BCUT2D eigenvalue weighted by atomic mass is 9.89. The number of aryl methyl sites for hydroxylation is 1. The van der Waals surface area contributed by atoms with Crippen molar-refractivity contribution in [3.05, 3.63) is 40.4 Å². The highest BCUT2D eigenvalue weighted by molar-refractivity contribution is 7.08. The van der Waals surface area contributed by atoms with Crippen LogP contribution in [0.4, 0.5) is 0 Å². The number of hydrogen-bond acceptors (Lipinski definition) is 5. The molecule has 1 saturated heterocycles. The van der Waals surface area contributed by atoms with Crippen molar-refractivity contribution < 1.29 is 9.90 Å². The van der Waals surface area contributed by atoms with E-state index in [1.165, 1.54) is 17.1 Å². The van der Waals surface area contributed by atoms with E-state index in [9.17, 15) is 9.90 Å². The number of amides is 1. The third-order valence-corrected chi connectivity index (χ3v) is 4.99. The fourth-order valence-electron chi connectivity index (χ4n) is 2.91. The molecule has 0 atom stereocenters. The highest BCUT2D eigenvalue weighted by Crippen LogP contribution is 2.30. The van der Waals surface area contributed by atoms with E-state index in [1.54, 1.807) is 12.1 Å². The normalized spacial score (nSPS) is 16.0. The Morgan fingerprint density at radius 1 is 1.32 bits per heavy atom. The van der Waals surface area contributed by atoms with Gasteiger partial charge < -0.3 is 10.0 Å². The third-order valence-electron chi connectivity index (χ3n) is 4.23. The minimum atomic E-state index is 0.0657. The van der Waals surface area contributed by atoms with E-state index in [1.807, 2.05) is 24.0 Å². The van der Waals surface area contributed by atoms with Crippen molar-refractivity contribution in [3.63, 3.8) is 0 Å². The maximum Gasteiger partial charge on any atom is 0.267 e. The SMILES string of the molecule is CCc1nnsc1C(=O)N1CCC(c2ccc(O)cc2)CC1. The summed E-state index contributed by atoms with van der Waals surface area (Å²) in [6.45, 7) is 3.50. The first-order valence-electron chi connectivity index (χ1n) is 7.58. The minimum Gasteiger partial charge on any atom is -0.508 e. The molecular weight excluding hydrogens is 298 g/mol. The Kier molecular flexibility index (Phi) is 4.38. The molecule has 1 amide bonds. The summed E-state index contributed by atoms with van der Waals surface area (Å²) in [7, 11) is 0. The van der Waals surface area contributed by atoms with E-state index in [4.69, 9.17) is 0 Å². The summed E-state index contributed by atoms with van der Waals surface area (Å²) >= 11 is 1.19. The molecule has 6 heteroatoms. The van der Waals surface area contributed by atoms with Crippen LogP contribution in [0, 0.1) is 0 Å². The Morgan fingerprint density at radius 3 is 2.64 bits per heavy atom. The third kappa shape index (κ3) is 2.97. The molecule has 0 aliphatic carbocycles. The Morgan fingerprint density at radius 2 is 2.00 bits per heavy atom. The maximum absolute atomic E-state index is 12.6. The van der Waals surface area contributed by atoms with Crippen LogP contribution in [0.25, 0.3) is 0 Å². The number of aromatic hydroxyl groups is 1. The molecule has 1 aromatic carbocycles. The molecule has 1 N–H and O–H groups in total. The summed E-state index contributed by atoms with van der Waals surface area (Å²) in [5, 5.41) is 13.4. The predicted octanol–water partition coefficient (Wildman–Crippen LogP) is 2.83. The number of likely N-dealkylation sites (tertiary alicyclic amines) is 1. The van der Waals surface area contributed by atoms with Gasteiger partial charge in [0.15, 0.2) is 0 Å². The molecule has 1 fully saturated rings. The second-order valence-electron chi connectivity index (χ2n) is 5.56. The number of hydrogen-bond donors (Lipinski definition) is 1. The van der Waals surface area contributed by atoms with Gasteiger partial charge in [-0.15, -0.1) is 5.10 Å². The predicted molar refractivity (Wildman–Crippen MR) is 85.3 cm³/mol. The van der Waals surface area contributed by atoms with Gasteiger partial charge in [0.2, 0.25) is 0 Å². The second-order valence-corrected chi connectivity index (χ2v) is 6.31. The zero-order chi connectivity index (χ0) is 15.5. The maximum atomic E-state index is 12.6. The Balaban J connectivity index is 1.64. The van der Waals surface area contributed by atoms with Crippen LogP contribution < -0.4 is 0 Å². The van der Waals surface area contributed by atoms with Crippen molar-refractivity contribution in [2.75, 3.05) is 13.1 Å². The molecule has 22 heavy (non-hydrogen) atoms. The molecule has 0 radical (unpaired) electrons. The van der Waals surface area contributed by atoms with Gasteiger partial charge in [-0.25, -0.2) is 0 Å². The standard InChI is InChI=1S/C16H19N3O2S/c1-2-14-15(22-18-17-14)16(21)19-9-7-12(8-10-19)11-3-5-13(20)6-4-11/h3-6,12,20H,2,7-10H2,1H3. The fraction of sp³-hybridized carbons (Fsp3) is 0.438. The average Bonchev–Trinajstić information content (AvgIpc) is 3.04. The van der Waals surface area contributed by atoms with Crippen molar-refractivity contribution in [3.8, 4) is 5.75 Å². The van der Waals surface area contributed by atoms with Crippen LogP contribution in [0.1, 0.15) is 46.6 Å². The number of phenolic OH excluding ortho intramolecular Hbond substituents is 1. The zero-order valence-electron chi connectivity index (χ0n) is 12.5. The van der Waals surface area contributed by atoms with E-state index in [2.05, 4.69) is 9.59 Å². The van der Waals surface area contributed by atoms with Crippen molar-refractivity contribution in [1.82, 2.24) is 14.5 Å². The smallest absolute Gasteiger partial charge is 0.267 e. The molecule has 1 aliphatic heterocycles. The average molecular weight is 317 g/mol. The topological polar surface area (TPSA) is 66.3 Å². The van der Waals surface area contributed by atoms with Gasteiger partial charge in [0.1, 0.15) is 10.6 Å². The van der Waals surface area contributed by atoms with Crippen LogP contribution in [0.15, 0.2) is 24.3 Å². The number of aromatic nitrogens is 2. The molecular formula is C16H19N3O2S.